The van der Waals surface area contributed by atoms with Crippen LogP contribution in [0.2, 0.25) is 5.02 Å². The first-order chi connectivity index (χ1) is 22.9. The van der Waals surface area contributed by atoms with E-state index >= 15 is 0 Å². The average molecular weight is 689 g/mol. The van der Waals surface area contributed by atoms with Crippen molar-refractivity contribution in [2.45, 2.75) is 19.0 Å². The Hall–Kier alpha value is -4.90. The summed E-state index contributed by atoms with van der Waals surface area (Å²) in [5, 5.41) is 9.49. The minimum absolute atomic E-state index is 0.00217. The van der Waals surface area contributed by atoms with E-state index in [9.17, 15) is 31.9 Å². The SMILES string of the molecule is Cn1c(-c2cn(-c3ncc(F)cn3)nc2C(F)(F)F)cnc1C(=O)Nc1ccc(C(=O)N2CCN(C(=O)C3CCNCC3)CC2)c(Cl)c1. The van der Waals surface area contributed by atoms with E-state index in [1.807, 2.05) is 0 Å². The van der Waals surface area contributed by atoms with E-state index in [0.29, 0.717) is 26.2 Å². The van der Waals surface area contributed by atoms with Crippen molar-refractivity contribution in [3.8, 4) is 17.2 Å². The average Bonchev–Trinajstić information content (AvgIpc) is 3.69. The number of piperidine rings is 1. The molecule has 0 aliphatic carbocycles. The summed E-state index contributed by atoms with van der Waals surface area (Å²) in [4.78, 5) is 54.1. The highest BCUT2D eigenvalue weighted by Crippen LogP contribution is 2.36. The monoisotopic (exact) mass is 688 g/mol. The zero-order chi connectivity index (χ0) is 34.2. The van der Waals surface area contributed by atoms with Crippen LogP contribution in [0.15, 0.2) is 43.0 Å². The number of nitrogens with one attached hydrogen (secondary N) is 2. The second-order valence-corrected chi connectivity index (χ2v) is 11.8. The number of alkyl halides is 3. The Morgan fingerprint density at radius 2 is 1.65 bits per heavy atom. The number of piperazine rings is 1. The molecule has 0 bridgehead atoms. The van der Waals surface area contributed by atoms with Gasteiger partial charge in [-0.1, -0.05) is 11.6 Å². The summed E-state index contributed by atoms with van der Waals surface area (Å²) < 4.78 is 57.0. The van der Waals surface area contributed by atoms with Crippen LogP contribution < -0.4 is 10.6 Å². The standard InChI is InChI=1S/C30H29ClF4N10O3/c1-42-23(21-16-45(41-24(21)30(33,34)35)29-38-13-18(32)14-39-29)15-37-25(42)26(46)40-19-2-3-20(22(31)12-19)28(48)44-10-8-43(9-11-44)27(47)17-4-6-36-7-5-17/h2-3,12-17,36H,4-11H2,1H3,(H,40,46). The number of anilines is 1. The number of benzene rings is 1. The summed E-state index contributed by atoms with van der Waals surface area (Å²) >= 11 is 6.45. The summed E-state index contributed by atoms with van der Waals surface area (Å²) in [6.07, 6.45) is 0.398. The lowest BCUT2D eigenvalue weighted by atomic mass is 9.96. The van der Waals surface area contributed by atoms with Crippen molar-refractivity contribution in [2.75, 3.05) is 44.6 Å². The molecule has 6 rings (SSSR count). The molecule has 0 radical (unpaired) electrons. The molecule has 0 saturated carbocycles. The van der Waals surface area contributed by atoms with Gasteiger partial charge in [-0.25, -0.2) is 24.0 Å². The van der Waals surface area contributed by atoms with Gasteiger partial charge in [0.1, 0.15) is 0 Å². The third-order valence-electron chi connectivity index (χ3n) is 8.29. The van der Waals surface area contributed by atoms with Crippen LogP contribution in [-0.4, -0.2) is 96.1 Å². The summed E-state index contributed by atoms with van der Waals surface area (Å²) in [5.74, 6) is -2.24. The molecule has 13 nitrogen and oxygen atoms in total. The molecule has 3 amide bonds. The maximum Gasteiger partial charge on any atom is 0.435 e. The summed E-state index contributed by atoms with van der Waals surface area (Å²) in [6.45, 7) is 3.21. The number of halogens is 5. The lowest BCUT2D eigenvalue weighted by Gasteiger charge is -2.37. The van der Waals surface area contributed by atoms with Crippen molar-refractivity contribution in [1.29, 1.82) is 0 Å². The van der Waals surface area contributed by atoms with Crippen molar-refractivity contribution in [2.24, 2.45) is 13.0 Å². The highest BCUT2D eigenvalue weighted by molar-refractivity contribution is 6.34. The third kappa shape index (κ3) is 6.73. The molecule has 18 heteroatoms. The Balaban J connectivity index is 1.13. The molecule has 1 aromatic carbocycles. The number of imidazole rings is 1. The van der Waals surface area contributed by atoms with Gasteiger partial charge < -0.3 is 25.0 Å². The van der Waals surface area contributed by atoms with Crippen molar-refractivity contribution in [3.63, 3.8) is 0 Å². The molecule has 5 heterocycles. The Morgan fingerprint density at radius 1 is 0.979 bits per heavy atom. The van der Waals surface area contributed by atoms with E-state index in [1.54, 1.807) is 9.80 Å². The molecule has 0 unspecified atom stereocenters. The smallest absolute Gasteiger partial charge is 0.339 e. The molecule has 3 aromatic heterocycles. The molecular formula is C30H29ClF4N10O3. The van der Waals surface area contributed by atoms with Gasteiger partial charge in [-0.3, -0.25) is 14.4 Å². The van der Waals surface area contributed by atoms with E-state index in [-0.39, 0.29) is 51.5 Å². The van der Waals surface area contributed by atoms with E-state index in [1.165, 1.54) is 25.2 Å². The van der Waals surface area contributed by atoms with Crippen molar-refractivity contribution >= 4 is 35.0 Å². The number of rotatable bonds is 6. The Bertz CT molecular complexity index is 1850. The predicted molar refractivity (Wildman–Crippen MR) is 164 cm³/mol. The first kappa shape index (κ1) is 33.0. The van der Waals surface area contributed by atoms with Crippen LogP contribution in [-0.2, 0) is 18.0 Å². The summed E-state index contributed by atoms with van der Waals surface area (Å²) in [6, 6.07) is 4.34. The zero-order valence-corrected chi connectivity index (χ0v) is 26.2. The van der Waals surface area contributed by atoms with Gasteiger partial charge in [0.25, 0.3) is 17.8 Å². The van der Waals surface area contributed by atoms with Gasteiger partial charge in [0.15, 0.2) is 17.3 Å². The Labute approximate surface area is 275 Å². The molecule has 252 valence electrons. The topological polar surface area (TPSA) is 143 Å². The van der Waals surface area contributed by atoms with Gasteiger partial charge >= 0.3 is 6.18 Å². The molecule has 2 aliphatic rings. The van der Waals surface area contributed by atoms with Crippen LogP contribution in [0.5, 0.6) is 0 Å². The number of carbonyl (C=O) groups is 3. The highest BCUT2D eigenvalue weighted by Gasteiger charge is 2.39. The van der Waals surface area contributed by atoms with Crippen molar-refractivity contribution < 1.29 is 31.9 Å². The molecule has 4 aromatic rings. The Morgan fingerprint density at radius 3 is 2.29 bits per heavy atom. The molecule has 2 fully saturated rings. The van der Waals surface area contributed by atoms with Crippen LogP contribution in [0.25, 0.3) is 17.2 Å². The summed E-state index contributed by atoms with van der Waals surface area (Å²) in [5.41, 5.74) is -1.34. The van der Waals surface area contributed by atoms with E-state index in [2.05, 4.69) is 30.7 Å². The second-order valence-electron chi connectivity index (χ2n) is 11.4. The first-order valence-corrected chi connectivity index (χ1v) is 15.3. The van der Waals surface area contributed by atoms with Gasteiger partial charge in [0.05, 0.1) is 40.4 Å². The van der Waals surface area contributed by atoms with Gasteiger partial charge in [0.2, 0.25) is 5.91 Å². The largest absolute Gasteiger partial charge is 0.435 e. The quantitative estimate of drug-likeness (QED) is 0.294. The molecule has 0 spiro atoms. The van der Waals surface area contributed by atoms with Gasteiger partial charge in [0, 0.05) is 51.0 Å². The van der Waals surface area contributed by atoms with Crippen LogP contribution in [0.4, 0.5) is 23.2 Å². The van der Waals surface area contributed by atoms with E-state index < -0.39 is 29.2 Å². The summed E-state index contributed by atoms with van der Waals surface area (Å²) in [7, 11) is 1.36. The van der Waals surface area contributed by atoms with Gasteiger partial charge in [-0.15, -0.1) is 0 Å². The molecule has 2 saturated heterocycles. The predicted octanol–water partition coefficient (Wildman–Crippen LogP) is 3.41. The van der Waals surface area contributed by atoms with E-state index in [0.717, 1.165) is 60.0 Å². The van der Waals surface area contributed by atoms with Gasteiger partial charge in [-0.05, 0) is 44.1 Å². The number of aromatic nitrogens is 6. The fraction of sp³-hybridized carbons (Fsp3) is 0.367. The van der Waals surface area contributed by atoms with Crippen molar-refractivity contribution in [3.05, 3.63) is 70.9 Å². The molecule has 2 aliphatic heterocycles. The van der Waals surface area contributed by atoms with Gasteiger partial charge in [-0.2, -0.15) is 18.3 Å². The lowest BCUT2D eigenvalue weighted by molar-refractivity contribution is -0.141. The fourth-order valence-electron chi connectivity index (χ4n) is 5.75. The molecule has 48 heavy (non-hydrogen) atoms. The lowest BCUT2D eigenvalue weighted by Crippen LogP contribution is -2.52. The molecule has 2 N–H and O–H groups in total. The highest BCUT2D eigenvalue weighted by atomic mass is 35.5. The minimum atomic E-state index is -4.89. The van der Waals surface area contributed by atoms with Crippen LogP contribution in [0.3, 0.4) is 0 Å². The third-order valence-corrected chi connectivity index (χ3v) is 8.60. The fourth-order valence-corrected chi connectivity index (χ4v) is 6.01. The normalized spacial score (nSPS) is 15.9. The number of hydrogen-bond acceptors (Lipinski definition) is 8. The van der Waals surface area contributed by atoms with Crippen LogP contribution in [0.1, 0.15) is 39.5 Å². The number of amides is 3. The van der Waals surface area contributed by atoms with Crippen LogP contribution in [0, 0.1) is 11.7 Å². The molecular weight excluding hydrogens is 660 g/mol. The number of hydrogen-bond donors (Lipinski definition) is 2. The minimum Gasteiger partial charge on any atom is -0.339 e. The second kappa shape index (κ2) is 13.3. The Kier molecular flexibility index (Phi) is 9.15. The van der Waals surface area contributed by atoms with E-state index in [4.69, 9.17) is 11.6 Å². The first-order valence-electron chi connectivity index (χ1n) is 15.0. The maximum absolute atomic E-state index is 13.9. The number of nitrogens with zero attached hydrogens (tertiary/aromatic N) is 8. The molecule has 0 atom stereocenters. The number of carbonyl (C=O) groups excluding carboxylic acids is 3. The maximum atomic E-state index is 13.9. The van der Waals surface area contributed by atoms with Crippen molar-refractivity contribution in [1.82, 2.24) is 44.4 Å². The van der Waals surface area contributed by atoms with Crippen LogP contribution >= 0.6 is 11.6 Å². The zero-order valence-electron chi connectivity index (χ0n) is 25.5.